The van der Waals surface area contributed by atoms with Crippen LogP contribution in [0.4, 0.5) is 11.8 Å². The molecule has 0 spiro atoms. The molecule has 5 nitrogen and oxygen atoms in total. The molecule has 1 aliphatic carbocycles. The van der Waals surface area contributed by atoms with E-state index in [0.29, 0.717) is 12.0 Å². The Hall–Kier alpha value is -2.30. The first-order valence-corrected chi connectivity index (χ1v) is 8.80. The molecule has 0 unspecified atom stereocenters. The minimum Gasteiger partial charge on any atom is -0.496 e. The molecule has 1 aliphatic rings. The van der Waals surface area contributed by atoms with Gasteiger partial charge in [0.05, 0.1) is 7.11 Å². The Labute approximate surface area is 143 Å². The van der Waals surface area contributed by atoms with Crippen molar-refractivity contribution in [1.29, 1.82) is 0 Å². The second-order valence-corrected chi connectivity index (χ2v) is 6.23. The number of methoxy groups -OCH3 is 1. The number of nitrogens with zero attached hydrogens (tertiary/aromatic N) is 2. The van der Waals surface area contributed by atoms with Gasteiger partial charge in [0.1, 0.15) is 11.6 Å². The monoisotopic (exact) mass is 326 g/mol. The molecule has 5 heteroatoms. The van der Waals surface area contributed by atoms with Gasteiger partial charge in [0.25, 0.3) is 0 Å². The molecule has 0 radical (unpaired) electrons. The molecule has 0 bridgehead atoms. The lowest BCUT2D eigenvalue weighted by Crippen LogP contribution is -2.23. The topological polar surface area (TPSA) is 59.1 Å². The van der Waals surface area contributed by atoms with Crippen LogP contribution in [0.3, 0.4) is 0 Å². The van der Waals surface area contributed by atoms with Crippen LogP contribution in [0.5, 0.6) is 5.75 Å². The highest BCUT2D eigenvalue weighted by atomic mass is 16.5. The first kappa shape index (κ1) is 16.6. The van der Waals surface area contributed by atoms with Gasteiger partial charge in [-0.05, 0) is 37.0 Å². The summed E-state index contributed by atoms with van der Waals surface area (Å²) in [6.07, 6.45) is 9.13. The molecule has 128 valence electrons. The second-order valence-electron chi connectivity index (χ2n) is 6.23. The molecule has 0 saturated heterocycles. The summed E-state index contributed by atoms with van der Waals surface area (Å²) < 4.78 is 5.38. The van der Waals surface area contributed by atoms with Gasteiger partial charge < -0.3 is 15.4 Å². The third-order valence-electron chi connectivity index (χ3n) is 4.48. The van der Waals surface area contributed by atoms with Gasteiger partial charge in [0, 0.05) is 18.8 Å². The number of hydrogen-bond donors (Lipinski definition) is 2. The maximum absolute atomic E-state index is 5.38. The van der Waals surface area contributed by atoms with E-state index in [1.54, 1.807) is 7.11 Å². The van der Waals surface area contributed by atoms with Gasteiger partial charge in [-0.15, -0.1) is 0 Å². The summed E-state index contributed by atoms with van der Waals surface area (Å²) in [6.45, 7) is 0.771. The average Bonchev–Trinajstić information content (AvgIpc) is 2.63. The summed E-state index contributed by atoms with van der Waals surface area (Å²) >= 11 is 0. The maximum atomic E-state index is 5.38. The molecule has 3 rings (SSSR count). The number of hydrogen-bond acceptors (Lipinski definition) is 5. The molecule has 1 aromatic carbocycles. The number of rotatable bonds is 7. The van der Waals surface area contributed by atoms with Crippen molar-refractivity contribution in [3.63, 3.8) is 0 Å². The fourth-order valence-corrected chi connectivity index (χ4v) is 3.20. The Morgan fingerprint density at radius 3 is 2.79 bits per heavy atom. The zero-order chi connectivity index (χ0) is 16.6. The Morgan fingerprint density at radius 2 is 1.96 bits per heavy atom. The van der Waals surface area contributed by atoms with E-state index in [4.69, 9.17) is 4.74 Å². The number of para-hydroxylation sites is 1. The first-order valence-electron chi connectivity index (χ1n) is 8.80. The number of ether oxygens (including phenoxy) is 1. The highest BCUT2D eigenvalue weighted by Gasteiger charge is 2.13. The molecule has 0 amide bonds. The average molecular weight is 326 g/mol. The Kier molecular flexibility index (Phi) is 5.88. The minimum absolute atomic E-state index is 0.551. The van der Waals surface area contributed by atoms with Crippen LogP contribution in [0.2, 0.25) is 0 Å². The molecular formula is C19H26N4O. The lowest BCUT2D eigenvalue weighted by Gasteiger charge is -2.23. The molecule has 0 atom stereocenters. The van der Waals surface area contributed by atoms with Gasteiger partial charge in [0.2, 0.25) is 5.95 Å². The number of benzene rings is 1. The van der Waals surface area contributed by atoms with Crippen LogP contribution in [0.1, 0.15) is 37.7 Å². The van der Waals surface area contributed by atoms with Crippen LogP contribution in [0.25, 0.3) is 0 Å². The van der Waals surface area contributed by atoms with Crippen LogP contribution in [-0.4, -0.2) is 29.7 Å². The van der Waals surface area contributed by atoms with Crippen LogP contribution in [-0.2, 0) is 6.42 Å². The minimum atomic E-state index is 0.551. The molecule has 24 heavy (non-hydrogen) atoms. The van der Waals surface area contributed by atoms with E-state index >= 15 is 0 Å². The van der Waals surface area contributed by atoms with Crippen molar-refractivity contribution in [1.82, 2.24) is 9.97 Å². The van der Waals surface area contributed by atoms with Crippen molar-refractivity contribution in [2.24, 2.45) is 0 Å². The van der Waals surface area contributed by atoms with Gasteiger partial charge in [-0.1, -0.05) is 37.5 Å². The zero-order valence-electron chi connectivity index (χ0n) is 14.3. The van der Waals surface area contributed by atoms with Crippen LogP contribution < -0.4 is 15.4 Å². The van der Waals surface area contributed by atoms with E-state index in [9.17, 15) is 0 Å². The summed E-state index contributed by atoms with van der Waals surface area (Å²) in [6, 6.07) is 10.6. The van der Waals surface area contributed by atoms with Gasteiger partial charge >= 0.3 is 0 Å². The van der Waals surface area contributed by atoms with E-state index in [1.165, 1.54) is 37.7 Å². The molecule has 1 heterocycles. The van der Waals surface area contributed by atoms with Crippen LogP contribution in [0.15, 0.2) is 36.5 Å². The fourth-order valence-electron chi connectivity index (χ4n) is 3.20. The van der Waals surface area contributed by atoms with Gasteiger partial charge in [-0.2, -0.15) is 4.98 Å². The standard InChI is InChI=1S/C19H26N4O/c1-24-17-10-6-5-7-15(17)11-13-20-19-21-14-12-18(23-19)22-16-8-3-2-4-9-16/h5-7,10,12,14,16H,2-4,8-9,11,13H2,1H3,(H2,20,21,22,23). The smallest absolute Gasteiger partial charge is 0.224 e. The van der Waals surface area contributed by atoms with Crippen LogP contribution in [0, 0.1) is 0 Å². The molecule has 0 aliphatic heterocycles. The van der Waals surface area contributed by atoms with Gasteiger partial charge in [-0.3, -0.25) is 0 Å². The molecular weight excluding hydrogens is 300 g/mol. The quantitative estimate of drug-likeness (QED) is 0.808. The molecule has 1 aromatic heterocycles. The number of aromatic nitrogens is 2. The van der Waals surface area contributed by atoms with Crippen molar-refractivity contribution in [3.05, 3.63) is 42.1 Å². The summed E-state index contributed by atoms with van der Waals surface area (Å²) in [5.41, 5.74) is 1.18. The SMILES string of the molecule is COc1ccccc1CCNc1nccc(NC2CCCCC2)n1. The van der Waals surface area contributed by atoms with Gasteiger partial charge in [-0.25, -0.2) is 4.98 Å². The predicted molar refractivity (Wildman–Crippen MR) is 97.7 cm³/mol. The highest BCUT2D eigenvalue weighted by molar-refractivity contribution is 5.41. The summed E-state index contributed by atoms with van der Waals surface area (Å²) in [5, 5.41) is 6.84. The van der Waals surface area contributed by atoms with E-state index < -0.39 is 0 Å². The molecule has 1 saturated carbocycles. The first-order chi connectivity index (χ1) is 11.8. The highest BCUT2D eigenvalue weighted by Crippen LogP contribution is 2.21. The predicted octanol–water partition coefficient (Wildman–Crippen LogP) is 3.88. The maximum Gasteiger partial charge on any atom is 0.224 e. The Bertz CT molecular complexity index is 641. The van der Waals surface area contributed by atoms with Crippen molar-refractivity contribution >= 4 is 11.8 Å². The van der Waals surface area contributed by atoms with Crippen LogP contribution >= 0.6 is 0 Å². The Morgan fingerprint density at radius 1 is 1.12 bits per heavy atom. The van der Waals surface area contributed by atoms with E-state index in [-0.39, 0.29) is 0 Å². The molecule has 1 fully saturated rings. The lowest BCUT2D eigenvalue weighted by molar-refractivity contribution is 0.410. The second kappa shape index (κ2) is 8.52. The van der Waals surface area contributed by atoms with E-state index in [1.807, 2.05) is 30.5 Å². The third-order valence-corrected chi connectivity index (χ3v) is 4.48. The van der Waals surface area contributed by atoms with Crippen molar-refractivity contribution in [3.8, 4) is 5.75 Å². The number of anilines is 2. The normalized spacial score (nSPS) is 15.0. The number of nitrogens with one attached hydrogen (secondary N) is 2. The zero-order valence-corrected chi connectivity index (χ0v) is 14.3. The summed E-state index contributed by atoms with van der Waals surface area (Å²) in [7, 11) is 1.70. The molecule has 2 N–H and O–H groups in total. The van der Waals surface area contributed by atoms with E-state index in [2.05, 4.69) is 26.7 Å². The van der Waals surface area contributed by atoms with Crippen molar-refractivity contribution < 1.29 is 4.74 Å². The molecule has 2 aromatic rings. The largest absolute Gasteiger partial charge is 0.496 e. The third kappa shape index (κ3) is 4.60. The van der Waals surface area contributed by atoms with E-state index in [0.717, 1.165) is 24.5 Å². The van der Waals surface area contributed by atoms with Crippen molar-refractivity contribution in [2.75, 3.05) is 24.3 Å². The van der Waals surface area contributed by atoms with Gasteiger partial charge in [0.15, 0.2) is 0 Å². The fraction of sp³-hybridized carbons (Fsp3) is 0.474. The summed E-state index contributed by atoms with van der Waals surface area (Å²) in [5.74, 6) is 2.51. The summed E-state index contributed by atoms with van der Waals surface area (Å²) in [4.78, 5) is 8.89. The Balaban J connectivity index is 1.52. The lowest BCUT2D eigenvalue weighted by atomic mass is 9.95. The van der Waals surface area contributed by atoms with Crippen molar-refractivity contribution in [2.45, 2.75) is 44.6 Å².